The predicted octanol–water partition coefficient (Wildman–Crippen LogP) is 1.03. The Labute approximate surface area is 139 Å². The standard InChI is InChI=1S/C17H20N4O3/c22-16(13-4-1-3-12-11-18-19-15(12)13)21-6-2-5-14(21)17(23)20-7-9-24-10-8-20/h1,3-4,11,14H,2,5-10H2,(H,18,19)/t14-/m1/s1. The molecule has 1 atom stereocenters. The van der Waals surface area contributed by atoms with E-state index in [-0.39, 0.29) is 17.9 Å². The lowest BCUT2D eigenvalue weighted by Gasteiger charge is -2.32. The van der Waals surface area contributed by atoms with Gasteiger partial charge in [0.05, 0.1) is 30.5 Å². The molecule has 1 aromatic carbocycles. The highest BCUT2D eigenvalue weighted by atomic mass is 16.5. The van der Waals surface area contributed by atoms with Crippen LogP contribution in [0.3, 0.4) is 0 Å². The van der Waals surface area contributed by atoms with E-state index in [2.05, 4.69) is 10.2 Å². The van der Waals surface area contributed by atoms with E-state index >= 15 is 0 Å². The van der Waals surface area contributed by atoms with Crippen molar-refractivity contribution in [2.24, 2.45) is 0 Å². The number of carbonyl (C=O) groups excluding carboxylic acids is 2. The third-order valence-electron chi connectivity index (χ3n) is 4.83. The van der Waals surface area contributed by atoms with Crippen LogP contribution in [0.2, 0.25) is 0 Å². The van der Waals surface area contributed by atoms with Crippen molar-refractivity contribution in [3.05, 3.63) is 30.0 Å². The maximum Gasteiger partial charge on any atom is 0.256 e. The van der Waals surface area contributed by atoms with Gasteiger partial charge in [0, 0.05) is 25.0 Å². The Balaban J connectivity index is 1.59. The number of hydrogen-bond acceptors (Lipinski definition) is 4. The minimum atomic E-state index is -0.367. The van der Waals surface area contributed by atoms with E-state index in [4.69, 9.17) is 4.74 Å². The van der Waals surface area contributed by atoms with Crippen molar-refractivity contribution in [2.45, 2.75) is 18.9 Å². The molecule has 2 aliphatic rings. The quantitative estimate of drug-likeness (QED) is 0.893. The fourth-order valence-corrected chi connectivity index (χ4v) is 3.56. The Morgan fingerprint density at radius 1 is 1.21 bits per heavy atom. The SMILES string of the molecule is O=C([C@H]1CCCN1C(=O)c1cccc2cn[nH]c12)N1CCOCC1. The summed E-state index contributed by atoms with van der Waals surface area (Å²) in [4.78, 5) is 29.4. The van der Waals surface area contributed by atoms with Crippen LogP contribution in [0.15, 0.2) is 24.4 Å². The largest absolute Gasteiger partial charge is 0.378 e. The lowest BCUT2D eigenvalue weighted by molar-refractivity contribution is -0.139. The monoisotopic (exact) mass is 328 g/mol. The summed E-state index contributed by atoms with van der Waals surface area (Å²) in [6, 6.07) is 5.18. The van der Waals surface area contributed by atoms with Gasteiger partial charge in [0.25, 0.3) is 5.91 Å². The number of benzene rings is 1. The van der Waals surface area contributed by atoms with Crippen molar-refractivity contribution in [3.8, 4) is 0 Å². The number of nitrogens with zero attached hydrogens (tertiary/aromatic N) is 3. The third-order valence-corrected chi connectivity index (χ3v) is 4.83. The molecule has 0 saturated carbocycles. The number of carbonyl (C=O) groups is 2. The van der Waals surface area contributed by atoms with E-state index in [1.807, 2.05) is 17.0 Å². The highest BCUT2D eigenvalue weighted by Crippen LogP contribution is 2.25. The van der Waals surface area contributed by atoms with E-state index in [1.54, 1.807) is 17.2 Å². The highest BCUT2D eigenvalue weighted by molar-refractivity contribution is 6.06. The molecule has 7 nitrogen and oxygen atoms in total. The van der Waals surface area contributed by atoms with E-state index in [0.717, 1.165) is 23.7 Å². The molecule has 3 heterocycles. The molecular formula is C17H20N4O3. The van der Waals surface area contributed by atoms with Crippen molar-refractivity contribution in [3.63, 3.8) is 0 Å². The fourth-order valence-electron chi connectivity index (χ4n) is 3.56. The molecule has 1 aromatic heterocycles. The molecule has 2 amide bonds. The van der Waals surface area contributed by atoms with Gasteiger partial charge in [-0.2, -0.15) is 5.10 Å². The number of fused-ring (bicyclic) bond motifs is 1. The second kappa shape index (κ2) is 6.24. The van der Waals surface area contributed by atoms with Crippen molar-refractivity contribution < 1.29 is 14.3 Å². The Hall–Kier alpha value is -2.41. The summed E-state index contributed by atoms with van der Waals surface area (Å²) >= 11 is 0. The Bertz CT molecular complexity index is 766. The van der Waals surface area contributed by atoms with Crippen molar-refractivity contribution >= 4 is 22.7 Å². The zero-order valence-electron chi connectivity index (χ0n) is 13.4. The van der Waals surface area contributed by atoms with Crippen molar-refractivity contribution in [2.75, 3.05) is 32.8 Å². The number of morpholine rings is 1. The van der Waals surface area contributed by atoms with Gasteiger partial charge in [0.2, 0.25) is 5.91 Å². The smallest absolute Gasteiger partial charge is 0.256 e. The first kappa shape index (κ1) is 15.1. The van der Waals surface area contributed by atoms with Gasteiger partial charge >= 0.3 is 0 Å². The van der Waals surface area contributed by atoms with Crippen molar-refractivity contribution in [1.29, 1.82) is 0 Å². The zero-order chi connectivity index (χ0) is 16.5. The molecule has 2 aromatic rings. The van der Waals surface area contributed by atoms with Gasteiger partial charge in [0.15, 0.2) is 0 Å². The summed E-state index contributed by atoms with van der Waals surface area (Å²) in [6.45, 7) is 2.96. The van der Waals surface area contributed by atoms with Gasteiger partial charge in [-0.25, -0.2) is 0 Å². The maximum absolute atomic E-state index is 13.0. The van der Waals surface area contributed by atoms with Crippen LogP contribution in [-0.4, -0.2) is 70.7 Å². The van der Waals surface area contributed by atoms with Gasteiger partial charge in [-0.3, -0.25) is 14.7 Å². The molecule has 2 saturated heterocycles. The number of ether oxygens (including phenoxy) is 1. The Morgan fingerprint density at radius 2 is 2.04 bits per heavy atom. The van der Waals surface area contributed by atoms with Crippen LogP contribution >= 0.6 is 0 Å². The second-order valence-corrected chi connectivity index (χ2v) is 6.23. The minimum Gasteiger partial charge on any atom is -0.378 e. The molecule has 2 aliphatic heterocycles. The van der Waals surface area contributed by atoms with Gasteiger partial charge in [-0.1, -0.05) is 12.1 Å². The molecule has 0 spiro atoms. The van der Waals surface area contributed by atoms with Crippen LogP contribution in [0.5, 0.6) is 0 Å². The van der Waals surface area contributed by atoms with Crippen LogP contribution in [0, 0.1) is 0 Å². The van der Waals surface area contributed by atoms with Crippen molar-refractivity contribution in [1.82, 2.24) is 20.0 Å². The first-order valence-electron chi connectivity index (χ1n) is 8.35. The third kappa shape index (κ3) is 2.54. The first-order chi connectivity index (χ1) is 11.8. The molecule has 0 unspecified atom stereocenters. The molecule has 0 radical (unpaired) electrons. The molecule has 24 heavy (non-hydrogen) atoms. The summed E-state index contributed by atoms with van der Waals surface area (Å²) in [7, 11) is 0. The summed E-state index contributed by atoms with van der Waals surface area (Å²) in [5, 5.41) is 7.80. The molecule has 7 heteroatoms. The molecule has 2 fully saturated rings. The van der Waals surface area contributed by atoms with Crippen LogP contribution in [-0.2, 0) is 9.53 Å². The number of aromatic amines is 1. The summed E-state index contributed by atoms with van der Waals surface area (Å²) in [5.41, 5.74) is 1.30. The lowest BCUT2D eigenvalue weighted by atomic mass is 10.1. The number of hydrogen-bond donors (Lipinski definition) is 1. The Kier molecular flexibility index (Phi) is 3.93. The normalized spacial score (nSPS) is 21.4. The summed E-state index contributed by atoms with van der Waals surface area (Å²) in [6.07, 6.45) is 3.28. The van der Waals surface area contributed by atoms with E-state index in [9.17, 15) is 9.59 Å². The maximum atomic E-state index is 13.0. The topological polar surface area (TPSA) is 78.5 Å². The number of para-hydroxylation sites is 1. The molecular weight excluding hydrogens is 308 g/mol. The highest BCUT2D eigenvalue weighted by Gasteiger charge is 2.37. The number of aromatic nitrogens is 2. The second-order valence-electron chi connectivity index (χ2n) is 6.23. The fraction of sp³-hybridized carbons (Fsp3) is 0.471. The van der Waals surface area contributed by atoms with Gasteiger partial charge in [0.1, 0.15) is 6.04 Å². The number of H-pyrrole nitrogens is 1. The molecule has 4 rings (SSSR count). The van der Waals surface area contributed by atoms with Crippen LogP contribution in [0.1, 0.15) is 23.2 Å². The number of rotatable bonds is 2. The average Bonchev–Trinajstić information content (AvgIpc) is 3.30. The predicted molar refractivity (Wildman–Crippen MR) is 87.6 cm³/mol. The van der Waals surface area contributed by atoms with E-state index in [1.165, 1.54) is 0 Å². The summed E-state index contributed by atoms with van der Waals surface area (Å²) < 4.78 is 5.31. The van der Waals surface area contributed by atoms with E-state index < -0.39 is 0 Å². The number of nitrogens with one attached hydrogen (secondary N) is 1. The van der Waals surface area contributed by atoms with Gasteiger partial charge in [-0.15, -0.1) is 0 Å². The number of likely N-dealkylation sites (tertiary alicyclic amines) is 1. The molecule has 0 aliphatic carbocycles. The zero-order valence-corrected chi connectivity index (χ0v) is 13.4. The number of amides is 2. The van der Waals surface area contributed by atoms with Crippen LogP contribution in [0.25, 0.3) is 10.9 Å². The first-order valence-corrected chi connectivity index (χ1v) is 8.35. The molecule has 126 valence electrons. The minimum absolute atomic E-state index is 0.0425. The van der Waals surface area contributed by atoms with Crippen LogP contribution < -0.4 is 0 Å². The Morgan fingerprint density at radius 3 is 2.88 bits per heavy atom. The van der Waals surface area contributed by atoms with Gasteiger partial charge in [-0.05, 0) is 18.9 Å². The molecule has 1 N–H and O–H groups in total. The molecule has 0 bridgehead atoms. The van der Waals surface area contributed by atoms with Gasteiger partial charge < -0.3 is 14.5 Å². The lowest BCUT2D eigenvalue weighted by Crippen LogP contribution is -2.51. The van der Waals surface area contributed by atoms with Crippen LogP contribution in [0.4, 0.5) is 0 Å². The average molecular weight is 328 g/mol. The van der Waals surface area contributed by atoms with E-state index in [0.29, 0.717) is 38.4 Å². The summed E-state index contributed by atoms with van der Waals surface area (Å²) in [5.74, 6) is -0.0603.